The summed E-state index contributed by atoms with van der Waals surface area (Å²) in [7, 11) is 1.21. The number of carbonyl (C=O) groups is 2. The third-order valence-electron chi connectivity index (χ3n) is 5.00. The van der Waals surface area contributed by atoms with E-state index in [1.54, 1.807) is 30.3 Å². The van der Waals surface area contributed by atoms with Gasteiger partial charge in [-0.2, -0.15) is 0 Å². The third kappa shape index (κ3) is 3.63. The van der Waals surface area contributed by atoms with Crippen LogP contribution in [-0.2, 0) is 9.53 Å². The number of hydrogen-bond donors (Lipinski definition) is 0. The van der Waals surface area contributed by atoms with Gasteiger partial charge in [0.15, 0.2) is 11.6 Å². The predicted octanol–water partition coefficient (Wildman–Crippen LogP) is 2.77. The molecule has 1 saturated heterocycles. The van der Waals surface area contributed by atoms with Gasteiger partial charge in [-0.1, -0.05) is 30.3 Å². The summed E-state index contributed by atoms with van der Waals surface area (Å²) in [6.07, 6.45) is -0.548. The molecule has 2 atom stereocenters. The molecule has 1 amide bonds. The summed E-state index contributed by atoms with van der Waals surface area (Å²) in [6.45, 7) is -0.0147. The Morgan fingerprint density at radius 1 is 1.13 bits per heavy atom. The Kier molecular flexibility index (Phi) is 5.22. The normalized spacial score (nSPS) is 18.4. The SMILES string of the molecule is COC(=O)[C@H]1C[C@H](Oc2ccccc2F)CN1C(=O)c1cc2ccccc2oc1=O. The molecule has 8 heteroatoms. The Labute approximate surface area is 170 Å². The molecule has 1 aromatic heterocycles. The Bertz CT molecular complexity index is 1170. The van der Waals surface area contributed by atoms with Gasteiger partial charge in [0.2, 0.25) is 0 Å². The highest BCUT2D eigenvalue weighted by atomic mass is 19.1. The van der Waals surface area contributed by atoms with E-state index in [0.29, 0.717) is 11.0 Å². The van der Waals surface area contributed by atoms with Crippen LogP contribution in [0.4, 0.5) is 4.39 Å². The van der Waals surface area contributed by atoms with Crippen LogP contribution in [0.1, 0.15) is 16.8 Å². The van der Waals surface area contributed by atoms with Gasteiger partial charge in [0, 0.05) is 11.8 Å². The number of carbonyl (C=O) groups excluding carboxylic acids is 2. The molecule has 30 heavy (non-hydrogen) atoms. The van der Waals surface area contributed by atoms with Gasteiger partial charge in [0.05, 0.1) is 13.7 Å². The number of ether oxygens (including phenoxy) is 2. The van der Waals surface area contributed by atoms with Crippen LogP contribution in [0.5, 0.6) is 5.75 Å². The number of halogens is 1. The van der Waals surface area contributed by atoms with Crippen molar-refractivity contribution in [2.45, 2.75) is 18.6 Å². The predicted molar refractivity (Wildman–Crippen MR) is 105 cm³/mol. The smallest absolute Gasteiger partial charge is 0.349 e. The zero-order chi connectivity index (χ0) is 21.3. The lowest BCUT2D eigenvalue weighted by Gasteiger charge is -2.21. The molecule has 0 aliphatic carbocycles. The molecule has 0 saturated carbocycles. The van der Waals surface area contributed by atoms with Crippen molar-refractivity contribution in [3.8, 4) is 5.75 Å². The van der Waals surface area contributed by atoms with Gasteiger partial charge in [0.25, 0.3) is 5.91 Å². The van der Waals surface area contributed by atoms with Crippen LogP contribution >= 0.6 is 0 Å². The van der Waals surface area contributed by atoms with Crippen molar-refractivity contribution < 1.29 is 27.9 Å². The van der Waals surface area contributed by atoms with Gasteiger partial charge in [-0.3, -0.25) is 4.79 Å². The van der Waals surface area contributed by atoms with E-state index in [1.165, 1.54) is 36.3 Å². The van der Waals surface area contributed by atoms with E-state index in [2.05, 4.69) is 0 Å². The summed E-state index contributed by atoms with van der Waals surface area (Å²) in [6, 6.07) is 13.1. The first-order chi connectivity index (χ1) is 14.5. The topological polar surface area (TPSA) is 86.1 Å². The maximum atomic E-state index is 13.9. The van der Waals surface area contributed by atoms with Crippen LogP contribution in [0.3, 0.4) is 0 Å². The maximum Gasteiger partial charge on any atom is 0.349 e. The van der Waals surface area contributed by atoms with Crippen molar-refractivity contribution in [2.75, 3.05) is 13.7 Å². The van der Waals surface area contributed by atoms with Crippen LogP contribution < -0.4 is 10.4 Å². The number of methoxy groups -OCH3 is 1. The molecule has 2 heterocycles. The zero-order valence-electron chi connectivity index (χ0n) is 16.0. The summed E-state index contributed by atoms with van der Waals surface area (Å²) in [4.78, 5) is 39.0. The molecule has 7 nitrogen and oxygen atoms in total. The average Bonchev–Trinajstić information content (AvgIpc) is 3.17. The van der Waals surface area contributed by atoms with Gasteiger partial charge < -0.3 is 18.8 Å². The number of benzene rings is 2. The summed E-state index contributed by atoms with van der Waals surface area (Å²) in [5.74, 6) is -1.85. The van der Waals surface area contributed by atoms with Gasteiger partial charge in [-0.05, 0) is 24.3 Å². The van der Waals surface area contributed by atoms with Crippen molar-refractivity contribution in [3.63, 3.8) is 0 Å². The molecule has 2 aromatic carbocycles. The first kappa shape index (κ1) is 19.6. The van der Waals surface area contributed by atoms with Crippen molar-refractivity contribution in [1.82, 2.24) is 4.90 Å². The van der Waals surface area contributed by atoms with Crippen molar-refractivity contribution in [3.05, 3.63) is 76.4 Å². The first-order valence-corrected chi connectivity index (χ1v) is 9.31. The minimum absolute atomic E-state index is 0.0147. The van der Waals surface area contributed by atoms with Crippen molar-refractivity contribution in [1.29, 1.82) is 0 Å². The number of amides is 1. The summed E-state index contributed by atoms with van der Waals surface area (Å²) in [5.41, 5.74) is -0.652. The number of nitrogens with zero attached hydrogens (tertiary/aromatic N) is 1. The van der Waals surface area contributed by atoms with Gasteiger partial charge in [-0.25, -0.2) is 14.0 Å². The second-order valence-electron chi connectivity index (χ2n) is 6.89. The van der Waals surface area contributed by atoms with Gasteiger partial charge >= 0.3 is 11.6 Å². The fourth-order valence-electron chi connectivity index (χ4n) is 3.55. The Balaban J connectivity index is 1.64. The monoisotopic (exact) mass is 411 g/mol. The van der Waals surface area contributed by atoms with Crippen molar-refractivity contribution >= 4 is 22.8 Å². The molecule has 0 N–H and O–H groups in total. The van der Waals surface area contributed by atoms with Crippen LogP contribution in [0, 0.1) is 5.82 Å². The van der Waals surface area contributed by atoms with Gasteiger partial charge in [-0.15, -0.1) is 0 Å². The number of hydrogen-bond acceptors (Lipinski definition) is 6. The number of para-hydroxylation sites is 2. The van der Waals surface area contributed by atoms with Crippen LogP contribution in [0.25, 0.3) is 11.0 Å². The second-order valence-corrected chi connectivity index (χ2v) is 6.89. The molecule has 1 aliphatic rings. The molecule has 0 unspecified atom stereocenters. The fraction of sp³-hybridized carbons (Fsp3) is 0.227. The molecule has 0 radical (unpaired) electrons. The molecular formula is C22H18FNO6. The number of rotatable bonds is 4. The van der Waals surface area contributed by atoms with Crippen molar-refractivity contribution in [2.24, 2.45) is 0 Å². The Morgan fingerprint density at radius 3 is 2.63 bits per heavy atom. The highest BCUT2D eigenvalue weighted by molar-refractivity contribution is 5.99. The van der Waals surface area contributed by atoms with Gasteiger partial charge in [0.1, 0.15) is 23.3 Å². The minimum atomic E-state index is -0.967. The van der Waals surface area contributed by atoms with Crippen LogP contribution in [-0.4, -0.2) is 42.6 Å². The molecule has 0 bridgehead atoms. The van der Waals surface area contributed by atoms with E-state index in [9.17, 15) is 18.8 Å². The quantitative estimate of drug-likeness (QED) is 0.485. The lowest BCUT2D eigenvalue weighted by Crippen LogP contribution is -2.42. The highest BCUT2D eigenvalue weighted by Gasteiger charge is 2.42. The standard InChI is InChI=1S/C22H18FNO6/c1-28-22(27)17-11-14(29-19-9-5-3-7-16(19)23)12-24(17)20(25)15-10-13-6-2-4-8-18(13)30-21(15)26/h2-10,14,17H,11-12H2,1H3/t14-,17+/m0/s1. The van der Waals surface area contributed by atoms with E-state index in [-0.39, 0.29) is 24.3 Å². The van der Waals surface area contributed by atoms with Crippen LogP contribution in [0.2, 0.25) is 0 Å². The lowest BCUT2D eigenvalue weighted by molar-refractivity contribution is -0.145. The molecule has 0 spiro atoms. The molecule has 3 aromatic rings. The molecule has 154 valence electrons. The van der Waals surface area contributed by atoms with E-state index >= 15 is 0 Å². The zero-order valence-corrected chi connectivity index (χ0v) is 16.0. The molecule has 1 aliphatic heterocycles. The fourth-order valence-corrected chi connectivity index (χ4v) is 3.55. The summed E-state index contributed by atoms with van der Waals surface area (Å²) < 4.78 is 29.6. The van der Waals surface area contributed by atoms with Crippen LogP contribution in [0.15, 0.2) is 63.8 Å². The average molecular weight is 411 g/mol. The summed E-state index contributed by atoms with van der Waals surface area (Å²) in [5, 5.41) is 0.577. The molecular weight excluding hydrogens is 393 g/mol. The number of esters is 1. The van der Waals surface area contributed by atoms with E-state index in [4.69, 9.17) is 13.9 Å². The number of fused-ring (bicyclic) bond motifs is 1. The maximum absolute atomic E-state index is 13.9. The van der Waals surface area contributed by atoms with E-state index < -0.39 is 35.5 Å². The largest absolute Gasteiger partial charge is 0.485 e. The molecule has 1 fully saturated rings. The Morgan fingerprint density at radius 2 is 1.87 bits per heavy atom. The highest BCUT2D eigenvalue weighted by Crippen LogP contribution is 2.27. The Hall–Kier alpha value is -3.68. The molecule has 4 rings (SSSR count). The first-order valence-electron chi connectivity index (χ1n) is 9.31. The number of likely N-dealkylation sites (tertiary alicyclic amines) is 1. The third-order valence-corrected chi connectivity index (χ3v) is 5.00. The van der Waals surface area contributed by atoms with E-state index in [0.717, 1.165) is 0 Å². The second kappa shape index (κ2) is 7.98. The lowest BCUT2D eigenvalue weighted by atomic mass is 10.1. The van der Waals surface area contributed by atoms with E-state index in [1.807, 2.05) is 0 Å². The summed E-state index contributed by atoms with van der Waals surface area (Å²) >= 11 is 0. The minimum Gasteiger partial charge on any atom is -0.485 e.